The first-order valence-electron chi connectivity index (χ1n) is 6.27. The monoisotopic (exact) mass is 269 g/mol. The molecule has 1 fully saturated rings. The molecule has 0 aliphatic carbocycles. The third kappa shape index (κ3) is 2.79. The zero-order valence-corrected chi connectivity index (χ0v) is 11.7. The van der Waals surface area contributed by atoms with Crippen molar-refractivity contribution in [3.05, 3.63) is 28.8 Å². The Bertz CT molecular complexity index is 424. The summed E-state index contributed by atoms with van der Waals surface area (Å²) in [6.45, 7) is 4.02. The lowest BCUT2D eigenvalue weighted by atomic mass is 9.94. The fourth-order valence-corrected chi connectivity index (χ4v) is 2.69. The molecular weight excluding hydrogens is 250 g/mol. The van der Waals surface area contributed by atoms with Crippen LogP contribution in [0.4, 0.5) is 5.69 Å². The highest BCUT2D eigenvalue weighted by molar-refractivity contribution is 6.31. The molecule has 1 N–H and O–H groups in total. The third-order valence-electron chi connectivity index (χ3n) is 3.72. The Hall–Kier alpha value is -0.770. The van der Waals surface area contributed by atoms with E-state index in [1.54, 1.807) is 7.11 Å². The fourth-order valence-electron chi connectivity index (χ4n) is 2.45. The van der Waals surface area contributed by atoms with Crippen molar-refractivity contribution in [2.24, 2.45) is 0 Å². The second-order valence-electron chi connectivity index (χ2n) is 5.11. The average Bonchev–Trinajstić information content (AvgIpc) is 2.39. The van der Waals surface area contributed by atoms with Gasteiger partial charge in [-0.05, 0) is 37.5 Å². The van der Waals surface area contributed by atoms with Crippen LogP contribution in [0.5, 0.6) is 0 Å². The zero-order valence-electron chi connectivity index (χ0n) is 10.9. The molecule has 100 valence electrons. The smallest absolute Gasteiger partial charge is 0.0825 e. The van der Waals surface area contributed by atoms with Crippen molar-refractivity contribution in [2.75, 3.05) is 25.1 Å². The topological polar surface area (TPSA) is 32.7 Å². The molecule has 1 aromatic carbocycles. The summed E-state index contributed by atoms with van der Waals surface area (Å²) >= 11 is 6.14. The van der Waals surface area contributed by atoms with Gasteiger partial charge in [-0.2, -0.15) is 0 Å². The number of hydrogen-bond acceptors (Lipinski definition) is 3. The molecule has 0 radical (unpaired) electrons. The lowest BCUT2D eigenvalue weighted by molar-refractivity contribution is -0.00465. The molecule has 1 aliphatic rings. The standard InChI is InChI=1S/C14H20ClNO2/c1-14(18-2)6-3-7-16(10-14)12-5-4-11(9-17)13(15)8-12/h4-5,8,17H,3,6-7,9-10H2,1-2H3. The molecular formula is C14H20ClNO2. The van der Waals surface area contributed by atoms with Gasteiger partial charge in [0.1, 0.15) is 0 Å². The first-order valence-corrected chi connectivity index (χ1v) is 6.65. The number of aliphatic hydroxyl groups excluding tert-OH is 1. The number of anilines is 1. The van der Waals surface area contributed by atoms with Crippen LogP contribution in [0.15, 0.2) is 18.2 Å². The van der Waals surface area contributed by atoms with Gasteiger partial charge >= 0.3 is 0 Å². The maximum absolute atomic E-state index is 9.12. The number of methoxy groups -OCH3 is 1. The Labute approximate surface area is 113 Å². The molecule has 2 rings (SSSR count). The lowest BCUT2D eigenvalue weighted by Crippen LogP contribution is -2.47. The van der Waals surface area contributed by atoms with Crippen LogP contribution in [-0.4, -0.2) is 30.9 Å². The molecule has 1 atom stereocenters. The number of rotatable bonds is 3. The van der Waals surface area contributed by atoms with E-state index in [0.29, 0.717) is 5.02 Å². The number of aliphatic hydroxyl groups is 1. The molecule has 1 aliphatic heterocycles. The van der Waals surface area contributed by atoms with Gasteiger partial charge in [0.25, 0.3) is 0 Å². The second kappa shape index (κ2) is 5.47. The van der Waals surface area contributed by atoms with Gasteiger partial charge in [-0.1, -0.05) is 17.7 Å². The van der Waals surface area contributed by atoms with Crippen molar-refractivity contribution in [3.63, 3.8) is 0 Å². The second-order valence-corrected chi connectivity index (χ2v) is 5.52. The molecule has 0 spiro atoms. The van der Waals surface area contributed by atoms with E-state index in [4.69, 9.17) is 21.4 Å². The van der Waals surface area contributed by atoms with E-state index in [1.165, 1.54) is 0 Å². The van der Waals surface area contributed by atoms with Gasteiger partial charge in [0.2, 0.25) is 0 Å². The largest absolute Gasteiger partial charge is 0.392 e. The van der Waals surface area contributed by atoms with Gasteiger partial charge < -0.3 is 14.7 Å². The number of halogens is 1. The van der Waals surface area contributed by atoms with Crippen molar-refractivity contribution in [1.82, 2.24) is 0 Å². The normalized spacial score (nSPS) is 24.3. The third-order valence-corrected chi connectivity index (χ3v) is 4.08. The van der Waals surface area contributed by atoms with Crippen molar-refractivity contribution in [3.8, 4) is 0 Å². The minimum atomic E-state index is -0.0830. The van der Waals surface area contributed by atoms with Crippen LogP contribution < -0.4 is 4.90 Å². The van der Waals surface area contributed by atoms with E-state index in [0.717, 1.165) is 37.2 Å². The van der Waals surface area contributed by atoms with E-state index in [2.05, 4.69) is 11.8 Å². The first kappa shape index (κ1) is 13.7. The Morgan fingerprint density at radius 1 is 1.50 bits per heavy atom. The van der Waals surface area contributed by atoms with Crippen LogP contribution in [0.2, 0.25) is 5.02 Å². The summed E-state index contributed by atoms with van der Waals surface area (Å²) in [4.78, 5) is 2.29. The maximum atomic E-state index is 9.12. The average molecular weight is 270 g/mol. The molecule has 0 saturated carbocycles. The molecule has 18 heavy (non-hydrogen) atoms. The SMILES string of the molecule is COC1(C)CCCN(c2ccc(CO)c(Cl)c2)C1. The fraction of sp³-hybridized carbons (Fsp3) is 0.571. The van der Waals surface area contributed by atoms with Crippen molar-refractivity contribution >= 4 is 17.3 Å². The number of hydrogen-bond donors (Lipinski definition) is 1. The highest BCUT2D eigenvalue weighted by atomic mass is 35.5. The molecule has 1 aromatic rings. The zero-order chi connectivity index (χ0) is 13.2. The minimum absolute atomic E-state index is 0.0189. The first-order chi connectivity index (χ1) is 8.58. The Kier molecular flexibility index (Phi) is 4.15. The van der Waals surface area contributed by atoms with E-state index in [-0.39, 0.29) is 12.2 Å². The molecule has 1 heterocycles. The molecule has 4 heteroatoms. The summed E-state index contributed by atoms with van der Waals surface area (Å²) < 4.78 is 5.59. The highest BCUT2D eigenvalue weighted by Gasteiger charge is 2.30. The molecule has 1 unspecified atom stereocenters. The van der Waals surface area contributed by atoms with E-state index >= 15 is 0 Å². The van der Waals surface area contributed by atoms with Gasteiger partial charge in [-0.25, -0.2) is 0 Å². The molecule has 0 bridgehead atoms. The quantitative estimate of drug-likeness (QED) is 0.916. The molecule has 0 amide bonds. The van der Waals surface area contributed by atoms with Crippen LogP contribution >= 0.6 is 11.6 Å². The van der Waals surface area contributed by atoms with Crippen molar-refractivity contribution in [1.29, 1.82) is 0 Å². The summed E-state index contributed by atoms with van der Waals surface area (Å²) in [6.07, 6.45) is 2.20. The summed E-state index contributed by atoms with van der Waals surface area (Å²) in [7, 11) is 1.77. The van der Waals surface area contributed by atoms with E-state index in [1.807, 2.05) is 18.2 Å². The van der Waals surface area contributed by atoms with Crippen LogP contribution in [0.3, 0.4) is 0 Å². The summed E-state index contributed by atoms with van der Waals surface area (Å²) in [6, 6.07) is 5.82. The number of nitrogens with zero attached hydrogens (tertiary/aromatic N) is 1. The van der Waals surface area contributed by atoms with Crippen LogP contribution in [-0.2, 0) is 11.3 Å². The predicted molar refractivity (Wildman–Crippen MR) is 74.2 cm³/mol. The van der Waals surface area contributed by atoms with Crippen LogP contribution in [0, 0.1) is 0 Å². The van der Waals surface area contributed by atoms with E-state index in [9.17, 15) is 0 Å². The Balaban J connectivity index is 2.18. The summed E-state index contributed by atoms with van der Waals surface area (Å²) in [5.41, 5.74) is 1.78. The Morgan fingerprint density at radius 3 is 2.89 bits per heavy atom. The lowest BCUT2D eigenvalue weighted by Gasteiger charge is -2.40. The summed E-state index contributed by atoms with van der Waals surface area (Å²) in [5, 5.41) is 9.75. The van der Waals surface area contributed by atoms with Gasteiger partial charge in [0.05, 0.1) is 12.2 Å². The highest BCUT2D eigenvalue weighted by Crippen LogP contribution is 2.30. The van der Waals surface area contributed by atoms with Crippen molar-refractivity contribution in [2.45, 2.75) is 32.0 Å². The van der Waals surface area contributed by atoms with Crippen molar-refractivity contribution < 1.29 is 9.84 Å². The number of piperidine rings is 1. The molecule has 3 nitrogen and oxygen atoms in total. The number of ether oxygens (including phenoxy) is 1. The van der Waals surface area contributed by atoms with Crippen LogP contribution in [0.25, 0.3) is 0 Å². The van der Waals surface area contributed by atoms with Crippen LogP contribution in [0.1, 0.15) is 25.3 Å². The van der Waals surface area contributed by atoms with E-state index < -0.39 is 0 Å². The predicted octanol–water partition coefficient (Wildman–Crippen LogP) is 2.84. The molecule has 0 aromatic heterocycles. The maximum Gasteiger partial charge on any atom is 0.0825 e. The minimum Gasteiger partial charge on any atom is -0.392 e. The van der Waals surface area contributed by atoms with Gasteiger partial charge in [-0.3, -0.25) is 0 Å². The summed E-state index contributed by atoms with van der Waals surface area (Å²) in [5.74, 6) is 0. The van der Waals surface area contributed by atoms with Gasteiger partial charge in [-0.15, -0.1) is 0 Å². The molecule has 1 saturated heterocycles. The van der Waals surface area contributed by atoms with Gasteiger partial charge in [0, 0.05) is 30.9 Å². The Morgan fingerprint density at radius 2 is 2.28 bits per heavy atom. The van der Waals surface area contributed by atoms with Gasteiger partial charge in [0.15, 0.2) is 0 Å². The number of benzene rings is 1.